The summed E-state index contributed by atoms with van der Waals surface area (Å²) in [5.41, 5.74) is 0. The van der Waals surface area contributed by atoms with Gasteiger partial charge in [0.2, 0.25) is 10.0 Å². The molecule has 2 atom stereocenters. The van der Waals surface area contributed by atoms with Crippen LogP contribution in [0, 0.1) is 0 Å². The number of sulfonamides is 1. The number of hydrogen-bond acceptors (Lipinski definition) is 3. The molecule has 11 heavy (non-hydrogen) atoms. The molecule has 0 aromatic carbocycles. The third-order valence-corrected chi connectivity index (χ3v) is 2.58. The monoisotopic (exact) mass is 179 g/mol. The molecule has 0 spiro atoms. The van der Waals surface area contributed by atoms with Crippen LogP contribution in [-0.4, -0.2) is 31.9 Å². The summed E-state index contributed by atoms with van der Waals surface area (Å²) in [4.78, 5) is 0. The highest BCUT2D eigenvalue weighted by molar-refractivity contribution is 7.88. The van der Waals surface area contributed by atoms with Crippen LogP contribution >= 0.6 is 0 Å². The first-order chi connectivity index (χ1) is 4.99. The lowest BCUT2D eigenvalue weighted by atomic mass is 10.2. The Kier molecular flexibility index (Phi) is 2.51. The van der Waals surface area contributed by atoms with Gasteiger partial charge in [0.05, 0.1) is 12.4 Å². The van der Waals surface area contributed by atoms with Crippen LogP contribution in [0.3, 0.4) is 0 Å². The fourth-order valence-corrected chi connectivity index (χ4v) is 2.18. The molecule has 0 aromatic rings. The van der Waals surface area contributed by atoms with Gasteiger partial charge in [-0.1, -0.05) is 0 Å². The van der Waals surface area contributed by atoms with Gasteiger partial charge in [0.1, 0.15) is 0 Å². The van der Waals surface area contributed by atoms with Crippen molar-refractivity contribution in [2.45, 2.75) is 31.4 Å². The molecule has 2 N–H and O–H groups in total. The van der Waals surface area contributed by atoms with Gasteiger partial charge in [0.25, 0.3) is 0 Å². The van der Waals surface area contributed by atoms with Crippen molar-refractivity contribution in [1.29, 1.82) is 0 Å². The van der Waals surface area contributed by atoms with E-state index in [2.05, 4.69) is 4.72 Å². The normalized spacial score (nSPS) is 32.5. The average molecular weight is 179 g/mol. The zero-order valence-corrected chi connectivity index (χ0v) is 7.26. The number of rotatable bonds is 2. The fraction of sp³-hybridized carbons (Fsp3) is 1.00. The quantitative estimate of drug-likeness (QED) is 0.597. The van der Waals surface area contributed by atoms with E-state index in [4.69, 9.17) is 0 Å². The van der Waals surface area contributed by atoms with Crippen LogP contribution in [-0.2, 0) is 10.0 Å². The van der Waals surface area contributed by atoms with Crippen LogP contribution in [0.4, 0.5) is 0 Å². The van der Waals surface area contributed by atoms with Crippen LogP contribution in [0.1, 0.15) is 19.3 Å². The Morgan fingerprint density at radius 1 is 1.45 bits per heavy atom. The number of aliphatic hydroxyl groups excluding tert-OH is 1. The van der Waals surface area contributed by atoms with Crippen LogP contribution in [0.15, 0.2) is 0 Å². The molecule has 0 aromatic heterocycles. The van der Waals surface area contributed by atoms with Crippen molar-refractivity contribution >= 4 is 10.0 Å². The second-order valence-electron chi connectivity index (χ2n) is 2.99. The van der Waals surface area contributed by atoms with Gasteiger partial charge in [-0.3, -0.25) is 0 Å². The predicted molar refractivity (Wildman–Crippen MR) is 41.6 cm³/mol. The van der Waals surface area contributed by atoms with Crippen molar-refractivity contribution in [2.24, 2.45) is 0 Å². The van der Waals surface area contributed by atoms with Crippen molar-refractivity contribution in [2.75, 3.05) is 6.26 Å². The van der Waals surface area contributed by atoms with Crippen LogP contribution in [0.5, 0.6) is 0 Å². The number of nitrogens with one attached hydrogen (secondary N) is 1. The Morgan fingerprint density at radius 3 is 2.45 bits per heavy atom. The molecular weight excluding hydrogens is 166 g/mol. The Labute approximate surface area is 66.7 Å². The molecular formula is C6H13NO3S. The highest BCUT2D eigenvalue weighted by atomic mass is 32.2. The van der Waals surface area contributed by atoms with E-state index in [1.54, 1.807) is 0 Å². The third kappa shape index (κ3) is 2.76. The third-order valence-electron chi connectivity index (χ3n) is 1.84. The van der Waals surface area contributed by atoms with Gasteiger partial charge in [0.15, 0.2) is 0 Å². The fourth-order valence-electron chi connectivity index (χ4n) is 1.35. The lowest BCUT2D eigenvalue weighted by Crippen LogP contribution is -2.39. The van der Waals surface area contributed by atoms with Crippen LogP contribution in [0.2, 0.25) is 0 Å². The first kappa shape index (κ1) is 8.96. The van der Waals surface area contributed by atoms with E-state index in [0.29, 0.717) is 6.42 Å². The van der Waals surface area contributed by atoms with E-state index >= 15 is 0 Å². The molecule has 66 valence electrons. The summed E-state index contributed by atoms with van der Waals surface area (Å²) in [5, 5.41) is 9.23. The molecule has 1 aliphatic rings. The number of hydrogen-bond donors (Lipinski definition) is 2. The zero-order chi connectivity index (χ0) is 8.48. The van der Waals surface area contributed by atoms with Gasteiger partial charge in [-0.05, 0) is 19.3 Å². The maximum Gasteiger partial charge on any atom is 0.209 e. The minimum atomic E-state index is -3.15. The molecule has 1 saturated carbocycles. The summed E-state index contributed by atoms with van der Waals surface area (Å²) in [6.07, 6.45) is 2.96. The van der Waals surface area contributed by atoms with Crippen molar-refractivity contribution in [3.8, 4) is 0 Å². The van der Waals surface area contributed by atoms with Crippen molar-refractivity contribution in [3.05, 3.63) is 0 Å². The van der Waals surface area contributed by atoms with Crippen LogP contribution < -0.4 is 4.72 Å². The minimum absolute atomic E-state index is 0.259. The Hall–Kier alpha value is -0.130. The first-order valence-electron chi connectivity index (χ1n) is 3.64. The van der Waals surface area contributed by atoms with E-state index in [0.717, 1.165) is 19.1 Å². The predicted octanol–water partition coefficient (Wildman–Crippen LogP) is -0.551. The second-order valence-corrected chi connectivity index (χ2v) is 4.77. The molecule has 0 unspecified atom stereocenters. The van der Waals surface area contributed by atoms with Crippen molar-refractivity contribution < 1.29 is 13.5 Å². The molecule has 1 aliphatic carbocycles. The van der Waals surface area contributed by atoms with Gasteiger partial charge in [-0.15, -0.1) is 0 Å². The molecule has 0 bridgehead atoms. The van der Waals surface area contributed by atoms with Gasteiger partial charge >= 0.3 is 0 Å². The Bertz CT molecular complexity index is 224. The summed E-state index contributed by atoms with van der Waals surface area (Å²) >= 11 is 0. The zero-order valence-electron chi connectivity index (χ0n) is 6.45. The van der Waals surface area contributed by atoms with E-state index in [1.165, 1.54) is 0 Å². The van der Waals surface area contributed by atoms with Crippen LogP contribution in [0.25, 0.3) is 0 Å². The Balaban J connectivity index is 2.50. The number of aliphatic hydroxyl groups is 1. The molecule has 0 amide bonds. The maximum absolute atomic E-state index is 10.7. The van der Waals surface area contributed by atoms with Gasteiger partial charge in [-0.2, -0.15) is 0 Å². The van der Waals surface area contributed by atoms with E-state index < -0.39 is 16.1 Å². The highest BCUT2D eigenvalue weighted by Gasteiger charge is 2.27. The second kappa shape index (κ2) is 3.08. The topological polar surface area (TPSA) is 66.4 Å². The first-order valence-corrected chi connectivity index (χ1v) is 5.53. The molecule has 0 radical (unpaired) electrons. The van der Waals surface area contributed by atoms with Gasteiger partial charge < -0.3 is 5.11 Å². The molecule has 5 heteroatoms. The smallest absolute Gasteiger partial charge is 0.209 e. The van der Waals surface area contributed by atoms with Gasteiger partial charge in [0, 0.05) is 6.04 Å². The average Bonchev–Trinajstić information content (AvgIpc) is 2.12. The van der Waals surface area contributed by atoms with Crippen molar-refractivity contribution in [1.82, 2.24) is 4.72 Å². The van der Waals surface area contributed by atoms with E-state index in [9.17, 15) is 13.5 Å². The highest BCUT2D eigenvalue weighted by Crippen LogP contribution is 2.18. The van der Waals surface area contributed by atoms with Crippen molar-refractivity contribution in [3.63, 3.8) is 0 Å². The molecule has 1 fully saturated rings. The SMILES string of the molecule is CS(=O)(=O)N[C@H]1CCC[C@H]1O. The van der Waals surface area contributed by atoms with E-state index in [-0.39, 0.29) is 6.04 Å². The summed E-state index contributed by atoms with van der Waals surface area (Å²) < 4.78 is 23.8. The Morgan fingerprint density at radius 2 is 2.09 bits per heavy atom. The largest absolute Gasteiger partial charge is 0.391 e. The summed E-state index contributed by atoms with van der Waals surface area (Å²) in [6, 6.07) is -0.259. The lowest BCUT2D eigenvalue weighted by molar-refractivity contribution is 0.159. The van der Waals surface area contributed by atoms with E-state index in [1.807, 2.05) is 0 Å². The summed E-state index contributed by atoms with van der Waals surface area (Å²) in [7, 11) is -3.15. The molecule has 0 heterocycles. The molecule has 1 rings (SSSR count). The summed E-state index contributed by atoms with van der Waals surface area (Å²) in [5.74, 6) is 0. The summed E-state index contributed by atoms with van der Waals surface area (Å²) in [6.45, 7) is 0. The molecule has 0 saturated heterocycles. The standard InChI is InChI=1S/C6H13NO3S/c1-11(9,10)7-5-3-2-4-6(5)8/h5-8H,2-4H2,1H3/t5-,6+/m0/s1. The minimum Gasteiger partial charge on any atom is -0.391 e. The lowest BCUT2D eigenvalue weighted by Gasteiger charge is -2.13. The van der Waals surface area contributed by atoms with Gasteiger partial charge in [-0.25, -0.2) is 13.1 Å². The molecule has 0 aliphatic heterocycles. The maximum atomic E-state index is 10.7. The molecule has 4 nitrogen and oxygen atoms in total.